The molecule has 0 radical (unpaired) electrons. The Balaban J connectivity index is 2.70. The van der Waals surface area contributed by atoms with Gasteiger partial charge in [0.1, 0.15) is 0 Å². The lowest BCUT2D eigenvalue weighted by molar-refractivity contribution is -0.114. The molecule has 2 aromatic rings. The number of carbonyl (C=O) groups is 1. The summed E-state index contributed by atoms with van der Waals surface area (Å²) >= 11 is 0. The van der Waals surface area contributed by atoms with E-state index in [0.29, 0.717) is 11.1 Å². The van der Waals surface area contributed by atoms with Crippen molar-refractivity contribution in [2.45, 2.75) is 11.8 Å². The molecule has 0 bridgehead atoms. The molecule has 2 rings (SSSR count). The van der Waals surface area contributed by atoms with Crippen LogP contribution in [0, 0.1) is 0 Å². The fourth-order valence-corrected chi connectivity index (χ4v) is 2.52. The monoisotopic (exact) mass is 264 g/mol. The van der Waals surface area contributed by atoms with E-state index >= 15 is 0 Å². The minimum absolute atomic E-state index is 0.0483. The van der Waals surface area contributed by atoms with Crippen molar-refractivity contribution >= 4 is 32.4 Å². The Morgan fingerprint density at radius 2 is 1.94 bits per heavy atom. The van der Waals surface area contributed by atoms with Gasteiger partial charge in [-0.3, -0.25) is 4.79 Å². The van der Waals surface area contributed by atoms with Crippen molar-refractivity contribution in [3.63, 3.8) is 0 Å². The topological polar surface area (TPSA) is 89.3 Å². The maximum Gasteiger partial charge on any atom is 0.238 e. The molecule has 5 nitrogen and oxygen atoms in total. The molecule has 0 aliphatic carbocycles. The van der Waals surface area contributed by atoms with Gasteiger partial charge in [0.15, 0.2) is 0 Å². The molecule has 3 N–H and O–H groups in total. The molecule has 0 fully saturated rings. The van der Waals surface area contributed by atoms with Gasteiger partial charge in [0, 0.05) is 18.0 Å². The Morgan fingerprint density at radius 3 is 2.56 bits per heavy atom. The zero-order valence-corrected chi connectivity index (χ0v) is 10.5. The molecule has 94 valence electrons. The van der Waals surface area contributed by atoms with Crippen LogP contribution in [0.3, 0.4) is 0 Å². The lowest BCUT2D eigenvalue weighted by Crippen LogP contribution is -2.12. The van der Waals surface area contributed by atoms with Gasteiger partial charge in [0.05, 0.1) is 4.90 Å². The molecular weight excluding hydrogens is 252 g/mol. The van der Waals surface area contributed by atoms with Crippen molar-refractivity contribution in [3.8, 4) is 0 Å². The van der Waals surface area contributed by atoms with Crippen molar-refractivity contribution in [3.05, 3.63) is 36.4 Å². The van der Waals surface area contributed by atoms with Crippen LogP contribution in [0.15, 0.2) is 41.3 Å². The molecule has 0 spiro atoms. The van der Waals surface area contributed by atoms with Crippen LogP contribution < -0.4 is 10.5 Å². The van der Waals surface area contributed by atoms with E-state index in [9.17, 15) is 13.2 Å². The molecule has 0 aromatic heterocycles. The largest absolute Gasteiger partial charge is 0.326 e. The van der Waals surface area contributed by atoms with E-state index in [2.05, 4.69) is 5.32 Å². The summed E-state index contributed by atoms with van der Waals surface area (Å²) in [6, 6.07) is 9.87. The Labute approximate surface area is 105 Å². The summed E-state index contributed by atoms with van der Waals surface area (Å²) < 4.78 is 22.9. The van der Waals surface area contributed by atoms with E-state index in [1.807, 2.05) is 0 Å². The molecule has 18 heavy (non-hydrogen) atoms. The number of amides is 1. The third kappa shape index (κ3) is 2.49. The van der Waals surface area contributed by atoms with Crippen LogP contribution in [0.5, 0.6) is 0 Å². The van der Waals surface area contributed by atoms with E-state index in [1.165, 1.54) is 13.0 Å². The minimum Gasteiger partial charge on any atom is -0.326 e. The molecule has 0 atom stereocenters. The smallest absolute Gasteiger partial charge is 0.238 e. The van der Waals surface area contributed by atoms with E-state index < -0.39 is 10.0 Å². The molecule has 6 heteroatoms. The molecule has 0 saturated carbocycles. The molecule has 0 aliphatic heterocycles. The van der Waals surface area contributed by atoms with E-state index in [1.54, 1.807) is 30.3 Å². The number of nitrogens with two attached hydrogens (primary N) is 1. The SMILES string of the molecule is CC(=O)Nc1ccc2cccc(S(N)(=O)=O)c2c1. The fourth-order valence-electron chi connectivity index (χ4n) is 1.77. The lowest BCUT2D eigenvalue weighted by Gasteiger charge is -2.07. The average molecular weight is 264 g/mol. The van der Waals surface area contributed by atoms with Crippen LogP contribution in [0.1, 0.15) is 6.92 Å². The van der Waals surface area contributed by atoms with E-state index in [4.69, 9.17) is 5.14 Å². The highest BCUT2D eigenvalue weighted by Crippen LogP contribution is 2.25. The Bertz CT molecular complexity index is 723. The van der Waals surface area contributed by atoms with Gasteiger partial charge >= 0.3 is 0 Å². The first-order chi connectivity index (χ1) is 8.38. The van der Waals surface area contributed by atoms with Gasteiger partial charge in [-0.25, -0.2) is 13.6 Å². The summed E-state index contributed by atoms with van der Waals surface area (Å²) in [4.78, 5) is 11.0. The molecule has 0 heterocycles. The van der Waals surface area contributed by atoms with Gasteiger partial charge in [-0.05, 0) is 23.6 Å². The van der Waals surface area contributed by atoms with Crippen molar-refractivity contribution in [2.75, 3.05) is 5.32 Å². The number of hydrogen-bond acceptors (Lipinski definition) is 3. The number of carbonyl (C=O) groups excluding carboxylic acids is 1. The van der Waals surface area contributed by atoms with Gasteiger partial charge in [0.2, 0.25) is 15.9 Å². The second-order valence-electron chi connectivity index (χ2n) is 3.92. The number of rotatable bonds is 2. The Kier molecular flexibility index (Phi) is 3.06. The van der Waals surface area contributed by atoms with Crippen molar-refractivity contribution in [1.82, 2.24) is 0 Å². The number of nitrogens with one attached hydrogen (secondary N) is 1. The highest BCUT2D eigenvalue weighted by molar-refractivity contribution is 7.89. The maximum absolute atomic E-state index is 11.5. The Hall–Kier alpha value is -1.92. The number of benzene rings is 2. The summed E-state index contributed by atoms with van der Waals surface area (Å²) in [5.74, 6) is -0.220. The highest BCUT2D eigenvalue weighted by Gasteiger charge is 2.12. The first-order valence-corrected chi connectivity index (χ1v) is 6.76. The van der Waals surface area contributed by atoms with Crippen LogP contribution in [0.4, 0.5) is 5.69 Å². The van der Waals surface area contributed by atoms with Crippen LogP contribution in [-0.2, 0) is 14.8 Å². The van der Waals surface area contributed by atoms with Gasteiger partial charge in [-0.2, -0.15) is 0 Å². The first kappa shape index (κ1) is 12.5. The van der Waals surface area contributed by atoms with Gasteiger partial charge < -0.3 is 5.32 Å². The molecule has 0 aliphatic rings. The molecule has 1 amide bonds. The lowest BCUT2D eigenvalue weighted by atomic mass is 10.1. The number of sulfonamides is 1. The molecule has 0 saturated heterocycles. The molecule has 2 aromatic carbocycles. The Morgan fingerprint density at radius 1 is 1.22 bits per heavy atom. The maximum atomic E-state index is 11.5. The van der Waals surface area contributed by atoms with Crippen molar-refractivity contribution < 1.29 is 13.2 Å². The minimum atomic E-state index is -3.79. The van der Waals surface area contributed by atoms with Crippen LogP contribution in [0.2, 0.25) is 0 Å². The third-order valence-electron chi connectivity index (χ3n) is 2.47. The van der Waals surface area contributed by atoms with Crippen LogP contribution in [-0.4, -0.2) is 14.3 Å². The normalized spacial score (nSPS) is 11.4. The highest BCUT2D eigenvalue weighted by atomic mass is 32.2. The zero-order valence-electron chi connectivity index (χ0n) is 9.67. The second kappa shape index (κ2) is 4.40. The zero-order chi connectivity index (χ0) is 13.3. The molecule has 0 unspecified atom stereocenters. The van der Waals surface area contributed by atoms with E-state index in [-0.39, 0.29) is 10.8 Å². The quantitative estimate of drug-likeness (QED) is 0.860. The summed E-state index contributed by atoms with van der Waals surface area (Å²) in [6.07, 6.45) is 0. The number of anilines is 1. The van der Waals surface area contributed by atoms with Gasteiger partial charge in [-0.1, -0.05) is 18.2 Å². The van der Waals surface area contributed by atoms with Crippen molar-refractivity contribution in [1.29, 1.82) is 0 Å². The first-order valence-electron chi connectivity index (χ1n) is 5.21. The number of primary sulfonamides is 1. The number of hydrogen-bond donors (Lipinski definition) is 2. The summed E-state index contributed by atoms with van der Waals surface area (Å²) in [5, 5.41) is 9.00. The fraction of sp³-hybridized carbons (Fsp3) is 0.0833. The van der Waals surface area contributed by atoms with Crippen molar-refractivity contribution in [2.24, 2.45) is 5.14 Å². The number of fused-ring (bicyclic) bond motifs is 1. The second-order valence-corrected chi connectivity index (χ2v) is 5.45. The molecular formula is C12H12N2O3S. The third-order valence-corrected chi connectivity index (χ3v) is 3.44. The standard InChI is InChI=1S/C12H12N2O3S/c1-8(15)14-10-6-5-9-3-2-4-12(11(9)7-10)18(13,16)17/h2-7H,1H3,(H,14,15)(H2,13,16,17). The predicted molar refractivity (Wildman–Crippen MR) is 69.6 cm³/mol. The average Bonchev–Trinajstić information content (AvgIpc) is 2.26. The predicted octanol–water partition coefficient (Wildman–Crippen LogP) is 1.45. The summed E-state index contributed by atoms with van der Waals surface area (Å²) in [7, 11) is -3.79. The van der Waals surface area contributed by atoms with Crippen LogP contribution in [0.25, 0.3) is 10.8 Å². The van der Waals surface area contributed by atoms with E-state index in [0.717, 1.165) is 5.39 Å². The van der Waals surface area contributed by atoms with Gasteiger partial charge in [-0.15, -0.1) is 0 Å². The summed E-state index contributed by atoms with van der Waals surface area (Å²) in [5.41, 5.74) is 0.533. The van der Waals surface area contributed by atoms with Gasteiger partial charge in [0.25, 0.3) is 0 Å². The van der Waals surface area contributed by atoms with Crippen LogP contribution >= 0.6 is 0 Å². The summed E-state index contributed by atoms with van der Waals surface area (Å²) in [6.45, 7) is 1.38.